The lowest BCUT2D eigenvalue weighted by Crippen LogP contribution is -2.20. The van der Waals surface area contributed by atoms with Crippen molar-refractivity contribution < 1.29 is 0 Å². The van der Waals surface area contributed by atoms with Gasteiger partial charge in [-0.25, -0.2) is 4.98 Å². The molecule has 2 rings (SSSR count). The van der Waals surface area contributed by atoms with Gasteiger partial charge in [0.2, 0.25) is 0 Å². The molecule has 3 nitrogen and oxygen atoms in total. The summed E-state index contributed by atoms with van der Waals surface area (Å²) in [7, 11) is 0. The predicted octanol–water partition coefficient (Wildman–Crippen LogP) is 2.19. The molecule has 14 heavy (non-hydrogen) atoms. The van der Waals surface area contributed by atoms with E-state index in [1.54, 1.807) is 0 Å². The van der Waals surface area contributed by atoms with E-state index in [4.69, 9.17) is 11.6 Å². The fourth-order valence-corrected chi connectivity index (χ4v) is 1.99. The molecule has 0 bridgehead atoms. The van der Waals surface area contributed by atoms with E-state index >= 15 is 0 Å². The van der Waals surface area contributed by atoms with Gasteiger partial charge in [-0.2, -0.15) is 0 Å². The number of nitrogens with zero attached hydrogens (tertiary/aromatic N) is 1. The highest BCUT2D eigenvalue weighted by Gasteiger charge is 2.14. The van der Waals surface area contributed by atoms with Gasteiger partial charge >= 0.3 is 0 Å². The molecule has 1 N–H and O–H groups in total. The lowest BCUT2D eigenvalue weighted by molar-refractivity contribution is 0.880. The number of nitrogens with one attached hydrogen (secondary N) is 1. The molecular formula is C9H8BrClN2O. The Morgan fingerprint density at radius 1 is 1.57 bits per heavy atom. The van der Waals surface area contributed by atoms with E-state index in [2.05, 4.69) is 25.9 Å². The Balaban J connectivity index is 2.61. The van der Waals surface area contributed by atoms with Crippen LogP contribution in [0, 0.1) is 0 Å². The van der Waals surface area contributed by atoms with Crippen molar-refractivity contribution >= 4 is 33.6 Å². The van der Waals surface area contributed by atoms with Crippen LogP contribution in [0.25, 0.3) is 6.08 Å². The summed E-state index contributed by atoms with van der Waals surface area (Å²) in [4.78, 5) is 18.5. The van der Waals surface area contributed by atoms with Crippen molar-refractivity contribution in [2.75, 3.05) is 0 Å². The Kier molecular flexibility index (Phi) is 2.74. The first-order valence-electron chi connectivity index (χ1n) is 4.25. The zero-order valence-corrected chi connectivity index (χ0v) is 9.65. The molecule has 5 heteroatoms. The summed E-state index contributed by atoms with van der Waals surface area (Å²) in [5.41, 5.74) is 1.42. The van der Waals surface area contributed by atoms with E-state index in [0.29, 0.717) is 5.82 Å². The molecule has 0 unspecified atom stereocenters. The summed E-state index contributed by atoms with van der Waals surface area (Å²) in [5, 5.41) is 0. The molecule has 0 saturated heterocycles. The molecule has 0 aromatic carbocycles. The highest BCUT2D eigenvalue weighted by atomic mass is 79.9. The normalized spacial score (nSPS) is 14.9. The van der Waals surface area contributed by atoms with Crippen LogP contribution in [-0.2, 0) is 12.3 Å². The third-order valence-electron chi connectivity index (χ3n) is 2.13. The Hall–Kier alpha value is -0.610. The van der Waals surface area contributed by atoms with Crippen LogP contribution in [-0.4, -0.2) is 9.97 Å². The third kappa shape index (κ3) is 1.77. The van der Waals surface area contributed by atoms with E-state index in [9.17, 15) is 4.79 Å². The van der Waals surface area contributed by atoms with Gasteiger partial charge in [0, 0.05) is 5.56 Å². The number of hydrogen-bond donors (Lipinski definition) is 1. The Bertz CT molecular complexity index is 453. The van der Waals surface area contributed by atoms with Crippen LogP contribution >= 0.6 is 27.5 Å². The van der Waals surface area contributed by atoms with Gasteiger partial charge in [0.05, 0.1) is 11.6 Å². The summed E-state index contributed by atoms with van der Waals surface area (Å²) in [6.45, 7) is 0. The van der Waals surface area contributed by atoms with Gasteiger partial charge in [0.25, 0.3) is 5.56 Å². The van der Waals surface area contributed by atoms with Gasteiger partial charge in [-0.15, -0.1) is 11.6 Å². The number of fused-ring (bicyclic) bond motifs is 1. The van der Waals surface area contributed by atoms with Crippen LogP contribution in [0.15, 0.2) is 9.28 Å². The maximum absolute atomic E-state index is 11.6. The highest BCUT2D eigenvalue weighted by Crippen LogP contribution is 2.23. The highest BCUT2D eigenvalue weighted by molar-refractivity contribution is 9.11. The number of aromatic amines is 1. The van der Waals surface area contributed by atoms with Crippen LogP contribution in [0.1, 0.15) is 23.5 Å². The molecule has 0 fully saturated rings. The zero-order chi connectivity index (χ0) is 10.1. The second-order valence-corrected chi connectivity index (χ2v) is 4.39. The van der Waals surface area contributed by atoms with E-state index in [1.165, 1.54) is 0 Å². The number of alkyl halides is 1. The summed E-state index contributed by atoms with van der Waals surface area (Å²) in [6.07, 6.45) is 3.47. The maximum atomic E-state index is 11.6. The molecule has 1 aliphatic rings. The van der Waals surface area contributed by atoms with E-state index < -0.39 is 0 Å². The quantitative estimate of drug-likeness (QED) is 0.799. The molecule has 1 aromatic heterocycles. The monoisotopic (exact) mass is 274 g/mol. The topological polar surface area (TPSA) is 45.8 Å². The van der Waals surface area contributed by atoms with Gasteiger partial charge in [0.1, 0.15) is 5.82 Å². The Morgan fingerprint density at radius 2 is 2.36 bits per heavy atom. The first-order valence-corrected chi connectivity index (χ1v) is 5.57. The number of allylic oxidation sites excluding steroid dienone is 1. The average molecular weight is 276 g/mol. The second-order valence-electron chi connectivity index (χ2n) is 3.10. The van der Waals surface area contributed by atoms with Crippen molar-refractivity contribution in [1.82, 2.24) is 9.97 Å². The number of H-pyrrole nitrogens is 1. The van der Waals surface area contributed by atoms with Gasteiger partial charge in [-0.05, 0) is 23.4 Å². The lowest BCUT2D eigenvalue weighted by atomic mass is 10.0. The molecule has 1 heterocycles. The molecule has 0 saturated carbocycles. The molecule has 74 valence electrons. The van der Waals surface area contributed by atoms with Crippen molar-refractivity contribution in [1.29, 1.82) is 0 Å². The van der Waals surface area contributed by atoms with Gasteiger partial charge in [-0.1, -0.05) is 15.9 Å². The zero-order valence-electron chi connectivity index (χ0n) is 7.31. The minimum Gasteiger partial charge on any atom is -0.309 e. The molecule has 0 spiro atoms. The number of halogens is 2. The van der Waals surface area contributed by atoms with Crippen molar-refractivity contribution in [3.05, 3.63) is 31.9 Å². The van der Waals surface area contributed by atoms with Crippen LogP contribution < -0.4 is 5.56 Å². The SMILES string of the molecule is O=c1[nH]c(CCl)nc2c1CCC(Br)=C2. The fraction of sp³-hybridized carbons (Fsp3) is 0.333. The summed E-state index contributed by atoms with van der Waals surface area (Å²) in [6, 6.07) is 0. The summed E-state index contributed by atoms with van der Waals surface area (Å²) in [5.74, 6) is 0.752. The van der Waals surface area contributed by atoms with Crippen LogP contribution in [0.5, 0.6) is 0 Å². The second kappa shape index (κ2) is 3.87. The smallest absolute Gasteiger partial charge is 0.254 e. The average Bonchev–Trinajstić information content (AvgIpc) is 2.16. The number of aromatic nitrogens is 2. The standard InChI is InChI=1S/C9H8BrClN2O/c10-5-1-2-6-7(3-5)12-8(4-11)13-9(6)14/h3H,1-2,4H2,(H,12,13,14). The molecule has 0 radical (unpaired) electrons. The first kappa shape index (κ1) is 9.93. The van der Waals surface area contributed by atoms with Crippen molar-refractivity contribution in [2.24, 2.45) is 0 Å². The van der Waals surface area contributed by atoms with Gasteiger partial charge < -0.3 is 4.98 Å². The number of rotatable bonds is 1. The molecule has 0 atom stereocenters. The maximum Gasteiger partial charge on any atom is 0.254 e. The van der Waals surface area contributed by atoms with E-state index in [-0.39, 0.29) is 11.4 Å². The van der Waals surface area contributed by atoms with E-state index in [1.807, 2.05) is 6.08 Å². The minimum atomic E-state index is -0.0677. The van der Waals surface area contributed by atoms with Crippen LogP contribution in [0.4, 0.5) is 0 Å². The molecule has 0 amide bonds. The van der Waals surface area contributed by atoms with Crippen LogP contribution in [0.3, 0.4) is 0 Å². The summed E-state index contributed by atoms with van der Waals surface area (Å²) >= 11 is 9.02. The van der Waals surface area contributed by atoms with Crippen molar-refractivity contribution in [2.45, 2.75) is 18.7 Å². The number of hydrogen-bond acceptors (Lipinski definition) is 2. The minimum absolute atomic E-state index is 0.0677. The Labute approximate surface area is 94.3 Å². The van der Waals surface area contributed by atoms with E-state index in [0.717, 1.165) is 28.6 Å². The molecular weight excluding hydrogens is 267 g/mol. The fourth-order valence-electron chi connectivity index (χ4n) is 1.45. The van der Waals surface area contributed by atoms with Gasteiger partial charge in [0.15, 0.2) is 0 Å². The lowest BCUT2D eigenvalue weighted by Gasteiger charge is -2.11. The predicted molar refractivity (Wildman–Crippen MR) is 59.6 cm³/mol. The third-order valence-corrected chi connectivity index (χ3v) is 3.01. The van der Waals surface area contributed by atoms with Crippen molar-refractivity contribution in [3.63, 3.8) is 0 Å². The van der Waals surface area contributed by atoms with Crippen LogP contribution in [0.2, 0.25) is 0 Å². The van der Waals surface area contributed by atoms with Gasteiger partial charge in [-0.3, -0.25) is 4.79 Å². The first-order chi connectivity index (χ1) is 6.70. The van der Waals surface area contributed by atoms with Crippen molar-refractivity contribution in [3.8, 4) is 0 Å². The largest absolute Gasteiger partial charge is 0.309 e. The Morgan fingerprint density at radius 3 is 3.07 bits per heavy atom. The molecule has 1 aliphatic carbocycles. The molecule has 0 aliphatic heterocycles. The summed E-state index contributed by atoms with van der Waals surface area (Å²) < 4.78 is 1.07. The molecule has 1 aromatic rings.